The van der Waals surface area contributed by atoms with Gasteiger partial charge in [-0.3, -0.25) is 0 Å². The highest BCUT2D eigenvalue weighted by molar-refractivity contribution is 6.18. The van der Waals surface area contributed by atoms with Gasteiger partial charge in [-0.1, -0.05) is 50.6 Å². The lowest BCUT2D eigenvalue weighted by Crippen LogP contribution is -2.28. The van der Waals surface area contributed by atoms with E-state index >= 15 is 0 Å². The Kier molecular flexibility index (Phi) is 4.21. The van der Waals surface area contributed by atoms with E-state index in [2.05, 4.69) is 52.0 Å². The predicted molar refractivity (Wildman–Crippen MR) is 68.5 cm³/mol. The molecule has 1 rings (SSSR count). The van der Waals surface area contributed by atoms with Gasteiger partial charge in [0.1, 0.15) is 0 Å². The Hall–Kier alpha value is -0.490. The van der Waals surface area contributed by atoms with Gasteiger partial charge in [0.15, 0.2) is 0 Å². The molecule has 0 bridgehead atoms. The third-order valence-corrected chi connectivity index (χ3v) is 4.00. The highest BCUT2D eigenvalue weighted by Gasteiger charge is 2.27. The quantitative estimate of drug-likeness (QED) is 0.664. The third-order valence-electron chi connectivity index (χ3n) is 3.39. The van der Waals surface area contributed by atoms with Gasteiger partial charge < -0.3 is 0 Å². The molecule has 0 fully saturated rings. The lowest BCUT2D eigenvalue weighted by molar-refractivity contribution is 0.253. The van der Waals surface area contributed by atoms with Crippen LogP contribution in [0.25, 0.3) is 0 Å². The third kappa shape index (κ3) is 3.24. The summed E-state index contributed by atoms with van der Waals surface area (Å²) in [6.45, 7) is 8.90. The van der Waals surface area contributed by atoms with Gasteiger partial charge in [-0.15, -0.1) is 11.6 Å². The number of alkyl halides is 1. The molecule has 15 heavy (non-hydrogen) atoms. The molecule has 0 aromatic heterocycles. The summed E-state index contributed by atoms with van der Waals surface area (Å²) in [5, 5.41) is 0. The molecule has 0 radical (unpaired) electrons. The zero-order valence-electron chi connectivity index (χ0n) is 10.2. The van der Waals surface area contributed by atoms with Crippen molar-refractivity contribution in [2.75, 3.05) is 5.88 Å². The predicted octanol–water partition coefficient (Wildman–Crippen LogP) is 4.44. The Bertz CT molecular complexity index is 317. The summed E-state index contributed by atoms with van der Waals surface area (Å²) in [5.41, 5.74) is 2.93. The van der Waals surface area contributed by atoms with E-state index in [0.717, 1.165) is 12.3 Å². The van der Waals surface area contributed by atoms with Crippen molar-refractivity contribution in [2.45, 2.75) is 34.1 Å². The molecule has 84 valence electrons. The standard InChI is InChI=1S/C14H21Cl/c1-11(2)14(4,10-15)9-13-7-5-6-12(3)8-13/h5-8,11H,9-10H2,1-4H3. The number of halogens is 1. The second-order valence-corrected chi connectivity index (χ2v) is 5.38. The Morgan fingerprint density at radius 1 is 1.33 bits per heavy atom. The summed E-state index contributed by atoms with van der Waals surface area (Å²) in [7, 11) is 0. The minimum absolute atomic E-state index is 0.204. The highest BCUT2D eigenvalue weighted by atomic mass is 35.5. The van der Waals surface area contributed by atoms with E-state index in [-0.39, 0.29) is 5.41 Å². The lowest BCUT2D eigenvalue weighted by Gasteiger charge is -2.31. The summed E-state index contributed by atoms with van der Waals surface area (Å²) < 4.78 is 0. The van der Waals surface area contributed by atoms with Crippen molar-refractivity contribution < 1.29 is 0 Å². The molecule has 0 N–H and O–H groups in total. The first-order chi connectivity index (χ1) is 6.98. The largest absolute Gasteiger partial charge is 0.126 e. The van der Waals surface area contributed by atoms with Crippen molar-refractivity contribution >= 4 is 11.6 Å². The maximum absolute atomic E-state index is 6.09. The van der Waals surface area contributed by atoms with Gasteiger partial charge >= 0.3 is 0 Å². The molecular formula is C14H21Cl. The van der Waals surface area contributed by atoms with Crippen LogP contribution in [0.4, 0.5) is 0 Å². The number of hydrogen-bond acceptors (Lipinski definition) is 0. The molecule has 1 aromatic rings. The first-order valence-electron chi connectivity index (χ1n) is 5.59. The Morgan fingerprint density at radius 2 is 2.00 bits per heavy atom. The van der Waals surface area contributed by atoms with E-state index in [4.69, 9.17) is 11.6 Å². The van der Waals surface area contributed by atoms with Gasteiger partial charge in [0, 0.05) is 5.88 Å². The van der Waals surface area contributed by atoms with E-state index in [1.165, 1.54) is 11.1 Å². The Labute approximate surface area is 98.7 Å². The molecule has 0 saturated heterocycles. The summed E-state index contributed by atoms with van der Waals surface area (Å²) in [6.07, 6.45) is 1.07. The SMILES string of the molecule is Cc1cccc(CC(C)(CCl)C(C)C)c1. The molecule has 0 nitrogen and oxygen atoms in total. The van der Waals surface area contributed by atoms with E-state index < -0.39 is 0 Å². The minimum Gasteiger partial charge on any atom is -0.126 e. The summed E-state index contributed by atoms with van der Waals surface area (Å²) in [5.74, 6) is 1.33. The Morgan fingerprint density at radius 3 is 2.47 bits per heavy atom. The minimum atomic E-state index is 0.204. The van der Waals surface area contributed by atoms with E-state index in [1.54, 1.807) is 0 Å². The molecule has 1 heteroatoms. The van der Waals surface area contributed by atoms with Crippen molar-refractivity contribution in [1.29, 1.82) is 0 Å². The van der Waals surface area contributed by atoms with E-state index in [1.807, 2.05) is 0 Å². The van der Waals surface area contributed by atoms with Crippen molar-refractivity contribution in [3.63, 3.8) is 0 Å². The number of rotatable bonds is 4. The first kappa shape index (κ1) is 12.6. The van der Waals surface area contributed by atoms with Crippen molar-refractivity contribution in [3.8, 4) is 0 Å². The zero-order valence-corrected chi connectivity index (χ0v) is 10.9. The smallest absolute Gasteiger partial charge is 0.0282 e. The van der Waals surface area contributed by atoms with Crippen molar-refractivity contribution in [1.82, 2.24) is 0 Å². The van der Waals surface area contributed by atoms with Crippen LogP contribution in [0.15, 0.2) is 24.3 Å². The van der Waals surface area contributed by atoms with Crippen LogP contribution in [0, 0.1) is 18.3 Å². The van der Waals surface area contributed by atoms with Crippen LogP contribution in [-0.2, 0) is 6.42 Å². The average Bonchev–Trinajstić information content (AvgIpc) is 2.17. The molecule has 0 heterocycles. The number of benzene rings is 1. The number of aryl methyl sites for hydroxylation is 1. The molecule has 1 aromatic carbocycles. The van der Waals surface area contributed by atoms with E-state index in [9.17, 15) is 0 Å². The second-order valence-electron chi connectivity index (χ2n) is 5.11. The normalized spacial score (nSPS) is 15.3. The molecule has 0 aliphatic rings. The highest BCUT2D eigenvalue weighted by Crippen LogP contribution is 2.32. The van der Waals surface area contributed by atoms with Crippen LogP contribution < -0.4 is 0 Å². The van der Waals surface area contributed by atoms with Gasteiger partial charge in [0.2, 0.25) is 0 Å². The monoisotopic (exact) mass is 224 g/mol. The van der Waals surface area contributed by atoms with Crippen LogP contribution >= 0.6 is 11.6 Å². The molecule has 0 aliphatic heterocycles. The maximum Gasteiger partial charge on any atom is 0.0282 e. The van der Waals surface area contributed by atoms with Crippen LogP contribution in [-0.4, -0.2) is 5.88 Å². The topological polar surface area (TPSA) is 0 Å². The molecule has 0 saturated carbocycles. The number of hydrogen-bond donors (Lipinski definition) is 0. The van der Waals surface area contributed by atoms with Gasteiger partial charge in [0.25, 0.3) is 0 Å². The summed E-state index contributed by atoms with van der Waals surface area (Å²) >= 11 is 6.09. The van der Waals surface area contributed by atoms with Gasteiger partial charge in [0.05, 0.1) is 0 Å². The van der Waals surface area contributed by atoms with Crippen molar-refractivity contribution in [2.24, 2.45) is 11.3 Å². The second kappa shape index (κ2) is 5.03. The van der Waals surface area contributed by atoms with Gasteiger partial charge in [-0.25, -0.2) is 0 Å². The average molecular weight is 225 g/mol. The zero-order chi connectivity index (χ0) is 11.5. The fraction of sp³-hybridized carbons (Fsp3) is 0.571. The van der Waals surface area contributed by atoms with Crippen molar-refractivity contribution in [3.05, 3.63) is 35.4 Å². The molecular weight excluding hydrogens is 204 g/mol. The van der Waals surface area contributed by atoms with Gasteiger partial charge in [-0.2, -0.15) is 0 Å². The van der Waals surface area contributed by atoms with E-state index in [0.29, 0.717) is 5.92 Å². The molecule has 1 atom stereocenters. The molecule has 0 aliphatic carbocycles. The molecule has 0 amide bonds. The fourth-order valence-corrected chi connectivity index (χ4v) is 2.10. The summed E-state index contributed by atoms with van der Waals surface area (Å²) in [4.78, 5) is 0. The van der Waals surface area contributed by atoms with Crippen LogP contribution in [0.3, 0.4) is 0 Å². The van der Waals surface area contributed by atoms with Crippen LogP contribution in [0.1, 0.15) is 31.9 Å². The maximum atomic E-state index is 6.09. The first-order valence-corrected chi connectivity index (χ1v) is 6.13. The lowest BCUT2D eigenvalue weighted by atomic mass is 9.76. The summed E-state index contributed by atoms with van der Waals surface area (Å²) in [6, 6.07) is 8.71. The van der Waals surface area contributed by atoms with Crippen LogP contribution in [0.2, 0.25) is 0 Å². The molecule has 1 unspecified atom stereocenters. The fourth-order valence-electron chi connectivity index (χ4n) is 1.69. The van der Waals surface area contributed by atoms with Gasteiger partial charge in [-0.05, 0) is 30.2 Å². The molecule has 0 spiro atoms. The Balaban J connectivity index is 2.84. The van der Waals surface area contributed by atoms with Crippen LogP contribution in [0.5, 0.6) is 0 Å².